The monoisotopic (exact) mass is 450 g/mol. The van der Waals surface area contributed by atoms with Crippen LogP contribution in [0, 0.1) is 15.9 Å². The lowest BCUT2D eigenvalue weighted by atomic mass is 9.95. The maximum absolute atomic E-state index is 15.1. The van der Waals surface area contributed by atoms with Crippen LogP contribution in [0.2, 0.25) is 0 Å². The average molecular weight is 450 g/mol. The second-order valence-corrected chi connectivity index (χ2v) is 7.93. The number of fused-ring (bicyclic) bond motifs is 1. The molecule has 0 atom stereocenters. The van der Waals surface area contributed by atoms with Gasteiger partial charge in [0.25, 0.3) is 5.69 Å². The number of non-ortho nitro benzene ring substituents is 1. The molecule has 0 saturated heterocycles. The average Bonchev–Trinajstić information content (AvgIpc) is 2.86. The molecule has 5 rings (SSSR count). The molecule has 0 aliphatic carbocycles. The van der Waals surface area contributed by atoms with Gasteiger partial charge in [-0.3, -0.25) is 14.9 Å². The molecule has 166 valence electrons. The van der Waals surface area contributed by atoms with Crippen molar-refractivity contribution < 1.29 is 9.31 Å². The lowest BCUT2D eigenvalue weighted by Gasteiger charge is -2.21. The summed E-state index contributed by atoms with van der Waals surface area (Å²) in [6.07, 6.45) is 0. The number of hydrogen-bond donors (Lipinski definition) is 0. The van der Waals surface area contributed by atoms with Gasteiger partial charge in [-0.15, -0.1) is 0 Å². The Balaban J connectivity index is 1.91. The Kier molecular flexibility index (Phi) is 5.47. The zero-order chi connectivity index (χ0) is 23.7. The summed E-state index contributed by atoms with van der Waals surface area (Å²) in [5, 5.41) is 11.2. The minimum absolute atomic E-state index is 0.00790. The highest BCUT2D eigenvalue weighted by Crippen LogP contribution is 2.34. The van der Waals surface area contributed by atoms with Crippen LogP contribution in [-0.4, -0.2) is 9.49 Å². The second kappa shape index (κ2) is 8.75. The van der Waals surface area contributed by atoms with Gasteiger partial charge in [-0.1, -0.05) is 66.7 Å². The van der Waals surface area contributed by atoms with Gasteiger partial charge in [-0.25, -0.2) is 4.39 Å². The molecule has 5 nitrogen and oxygen atoms in total. The van der Waals surface area contributed by atoms with E-state index >= 15 is 4.39 Å². The fraction of sp³-hybridized carbons (Fsp3) is 0.0357. The van der Waals surface area contributed by atoms with Crippen LogP contribution in [0.4, 0.5) is 10.1 Å². The minimum Gasteiger partial charge on any atom is -0.335 e. The third kappa shape index (κ3) is 3.75. The fourth-order valence-electron chi connectivity index (χ4n) is 4.29. The van der Waals surface area contributed by atoms with Crippen LogP contribution in [0.5, 0.6) is 0 Å². The maximum Gasteiger partial charge on any atom is 0.269 e. The molecule has 4 aromatic carbocycles. The summed E-state index contributed by atoms with van der Waals surface area (Å²) < 4.78 is 17.0. The van der Waals surface area contributed by atoms with E-state index in [2.05, 4.69) is 0 Å². The van der Waals surface area contributed by atoms with Crippen molar-refractivity contribution in [3.8, 4) is 22.4 Å². The number of nitro groups is 1. The third-order valence-corrected chi connectivity index (χ3v) is 5.84. The Morgan fingerprint density at radius 3 is 2.06 bits per heavy atom. The maximum atomic E-state index is 15.1. The number of rotatable bonds is 5. The minimum atomic E-state index is -0.605. The van der Waals surface area contributed by atoms with Crippen LogP contribution in [0.25, 0.3) is 33.3 Å². The van der Waals surface area contributed by atoms with Gasteiger partial charge in [-0.05, 0) is 41.0 Å². The van der Waals surface area contributed by atoms with E-state index in [0.29, 0.717) is 28.9 Å². The summed E-state index contributed by atoms with van der Waals surface area (Å²) >= 11 is 0. The largest absolute Gasteiger partial charge is 0.335 e. The predicted octanol–water partition coefficient (Wildman–Crippen LogP) is 6.43. The van der Waals surface area contributed by atoms with Crippen LogP contribution in [0.1, 0.15) is 5.56 Å². The van der Waals surface area contributed by atoms with Crippen LogP contribution in [-0.2, 0) is 6.54 Å². The van der Waals surface area contributed by atoms with Gasteiger partial charge >= 0.3 is 0 Å². The highest BCUT2D eigenvalue weighted by molar-refractivity contribution is 5.93. The molecule has 34 heavy (non-hydrogen) atoms. The highest BCUT2D eigenvalue weighted by atomic mass is 19.1. The second-order valence-electron chi connectivity index (χ2n) is 7.93. The van der Waals surface area contributed by atoms with E-state index in [4.69, 9.17) is 0 Å². The molecule has 0 aliphatic rings. The van der Waals surface area contributed by atoms with Crippen LogP contribution in [0.15, 0.2) is 108 Å². The molecule has 0 fully saturated rings. The van der Waals surface area contributed by atoms with E-state index in [1.807, 2.05) is 65.2 Å². The Hall–Kier alpha value is -4.58. The lowest BCUT2D eigenvalue weighted by molar-refractivity contribution is -0.384. The van der Waals surface area contributed by atoms with Gasteiger partial charge in [0.2, 0.25) is 5.43 Å². The Bertz CT molecular complexity index is 1560. The normalized spacial score (nSPS) is 11.0. The van der Waals surface area contributed by atoms with Crippen molar-refractivity contribution in [2.45, 2.75) is 6.54 Å². The van der Waals surface area contributed by atoms with Crippen LogP contribution >= 0.6 is 0 Å². The van der Waals surface area contributed by atoms with Gasteiger partial charge in [0.05, 0.1) is 27.1 Å². The summed E-state index contributed by atoms with van der Waals surface area (Å²) in [6.45, 7) is 0.408. The number of nitrogens with zero attached hydrogens (tertiary/aromatic N) is 2. The van der Waals surface area contributed by atoms with Crippen molar-refractivity contribution in [1.29, 1.82) is 0 Å². The quantitative estimate of drug-likeness (QED) is 0.229. The summed E-state index contributed by atoms with van der Waals surface area (Å²) in [7, 11) is 0. The summed E-state index contributed by atoms with van der Waals surface area (Å²) in [5.74, 6) is -0.605. The van der Waals surface area contributed by atoms with Crippen molar-refractivity contribution in [1.82, 2.24) is 4.57 Å². The molecule has 0 saturated carbocycles. The van der Waals surface area contributed by atoms with Crippen molar-refractivity contribution in [3.63, 3.8) is 0 Å². The van der Waals surface area contributed by atoms with Gasteiger partial charge in [0, 0.05) is 18.7 Å². The molecule has 0 amide bonds. The molecule has 0 aliphatic heterocycles. The van der Waals surface area contributed by atoms with Gasteiger partial charge in [0.15, 0.2) is 0 Å². The first kappa shape index (κ1) is 21.3. The van der Waals surface area contributed by atoms with Crippen LogP contribution < -0.4 is 5.43 Å². The number of pyridine rings is 1. The van der Waals surface area contributed by atoms with Crippen molar-refractivity contribution in [3.05, 3.63) is 135 Å². The molecular formula is C28H19FN2O3. The van der Waals surface area contributed by atoms with Gasteiger partial charge in [-0.2, -0.15) is 0 Å². The molecule has 0 N–H and O–H groups in total. The van der Waals surface area contributed by atoms with E-state index in [-0.39, 0.29) is 11.1 Å². The van der Waals surface area contributed by atoms with Gasteiger partial charge < -0.3 is 4.57 Å². The zero-order valence-electron chi connectivity index (χ0n) is 18.0. The smallest absolute Gasteiger partial charge is 0.269 e. The first-order valence-corrected chi connectivity index (χ1v) is 10.7. The number of halogens is 1. The number of benzene rings is 4. The number of aromatic nitrogens is 1. The number of hydrogen-bond acceptors (Lipinski definition) is 3. The lowest BCUT2D eigenvalue weighted by Crippen LogP contribution is -2.18. The van der Waals surface area contributed by atoms with E-state index in [1.165, 1.54) is 18.2 Å². The molecule has 1 aromatic heterocycles. The molecule has 0 spiro atoms. The van der Waals surface area contributed by atoms with E-state index in [1.54, 1.807) is 24.3 Å². The standard InChI is InChI=1S/C28H19FN2O3/c29-23-12-7-13-24-26(23)28(32)25(20-14-16-22(17-15-20)31(33)34)27(21-10-5-2-6-11-21)30(24)18-19-8-3-1-4-9-19/h1-17H,18H2. The van der Waals surface area contributed by atoms with Crippen molar-refractivity contribution >= 4 is 16.6 Å². The molecule has 0 bridgehead atoms. The van der Waals surface area contributed by atoms with Gasteiger partial charge in [0.1, 0.15) is 5.82 Å². The van der Waals surface area contributed by atoms with Crippen LogP contribution in [0.3, 0.4) is 0 Å². The summed E-state index contributed by atoms with van der Waals surface area (Å²) in [5.41, 5.74) is 3.14. The number of nitro benzene ring substituents is 1. The topological polar surface area (TPSA) is 65.1 Å². The molecule has 0 unspecified atom stereocenters. The summed E-state index contributed by atoms with van der Waals surface area (Å²) in [4.78, 5) is 24.5. The molecule has 0 radical (unpaired) electrons. The van der Waals surface area contributed by atoms with E-state index in [9.17, 15) is 14.9 Å². The van der Waals surface area contributed by atoms with E-state index < -0.39 is 16.2 Å². The first-order valence-electron chi connectivity index (χ1n) is 10.7. The third-order valence-electron chi connectivity index (χ3n) is 5.84. The highest BCUT2D eigenvalue weighted by Gasteiger charge is 2.22. The Labute approximate surface area is 194 Å². The van der Waals surface area contributed by atoms with Crippen molar-refractivity contribution in [2.24, 2.45) is 0 Å². The van der Waals surface area contributed by atoms with E-state index in [0.717, 1.165) is 11.1 Å². The SMILES string of the molecule is O=c1c(-c2ccc([N+](=O)[O-])cc2)c(-c2ccccc2)n(Cc2ccccc2)c2cccc(F)c12. The molecule has 1 heterocycles. The molecule has 6 heteroatoms. The first-order chi connectivity index (χ1) is 16.5. The fourth-order valence-corrected chi connectivity index (χ4v) is 4.29. The summed E-state index contributed by atoms with van der Waals surface area (Å²) in [6, 6.07) is 29.6. The Morgan fingerprint density at radius 1 is 0.765 bits per heavy atom. The molecular weight excluding hydrogens is 431 g/mol. The van der Waals surface area contributed by atoms with Crippen molar-refractivity contribution in [2.75, 3.05) is 0 Å². The zero-order valence-corrected chi connectivity index (χ0v) is 18.0. The Morgan fingerprint density at radius 2 is 1.41 bits per heavy atom. The predicted molar refractivity (Wildman–Crippen MR) is 131 cm³/mol. The molecule has 5 aromatic rings.